The van der Waals surface area contributed by atoms with Gasteiger partial charge in [0.25, 0.3) is 0 Å². The van der Waals surface area contributed by atoms with E-state index in [0.29, 0.717) is 27.4 Å². The fraction of sp³-hybridized carbons (Fsp3) is 0. The average molecular weight is 413 g/mol. The lowest BCUT2D eigenvalue weighted by Gasteiger charge is -2.13. The molecule has 0 aliphatic carbocycles. The highest BCUT2D eigenvalue weighted by Gasteiger charge is 2.18. The van der Waals surface area contributed by atoms with E-state index in [1.54, 1.807) is 30.3 Å². The minimum absolute atomic E-state index is 0.0243. The van der Waals surface area contributed by atoms with Crippen LogP contribution in [0.5, 0.6) is 0 Å². The number of nitrogens with one attached hydrogen (secondary N) is 1. The van der Waals surface area contributed by atoms with E-state index in [9.17, 15) is 5.26 Å². The molecule has 0 aliphatic heterocycles. The summed E-state index contributed by atoms with van der Waals surface area (Å²) in [5, 5.41) is 28.1. The lowest BCUT2D eigenvalue weighted by atomic mass is 10.2. The number of aromatic nitrogens is 5. The zero-order chi connectivity index (χ0) is 20.8. The first-order valence-corrected chi connectivity index (χ1v) is 9.33. The van der Waals surface area contributed by atoms with E-state index in [1.807, 2.05) is 30.3 Å². The third-order valence-corrected chi connectivity index (χ3v) is 5.01. The number of rotatable bonds is 2. The van der Waals surface area contributed by atoms with Crippen LogP contribution in [-0.2, 0) is 0 Å². The molecule has 3 heterocycles. The van der Waals surface area contributed by atoms with Gasteiger partial charge in [-0.25, -0.2) is 9.67 Å². The molecule has 2 aromatic carbocycles. The molecule has 0 saturated heterocycles. The molecule has 8 nitrogen and oxygen atoms in total. The first kappa shape index (κ1) is 17.8. The molecule has 30 heavy (non-hydrogen) atoms. The normalized spacial score (nSPS) is 11.1. The second kappa shape index (κ2) is 6.69. The zero-order valence-corrected chi connectivity index (χ0v) is 16.2. The number of benzene rings is 2. The number of hydrogen-bond acceptors (Lipinski definition) is 6. The Kier molecular flexibility index (Phi) is 3.98. The minimum Gasteiger partial charge on any atom is -0.383 e. The Bertz CT molecular complexity index is 1530. The van der Waals surface area contributed by atoms with Gasteiger partial charge in [0.05, 0.1) is 16.8 Å². The van der Waals surface area contributed by atoms with E-state index in [4.69, 9.17) is 22.7 Å². The Balaban J connectivity index is 1.84. The Morgan fingerprint density at radius 1 is 1.03 bits per heavy atom. The fourth-order valence-electron chi connectivity index (χ4n) is 3.33. The molecular weight excluding hydrogens is 400 g/mol. The van der Waals surface area contributed by atoms with Crippen LogP contribution in [0.3, 0.4) is 0 Å². The average Bonchev–Trinajstić information content (AvgIpc) is 3.20. The van der Waals surface area contributed by atoms with E-state index in [0.717, 1.165) is 5.56 Å². The highest BCUT2D eigenvalue weighted by atomic mass is 35.5. The molecule has 3 N–H and O–H groups in total. The number of nitrogen functional groups attached to an aromatic ring is 1. The van der Waals surface area contributed by atoms with Gasteiger partial charge >= 0.3 is 0 Å². The summed E-state index contributed by atoms with van der Waals surface area (Å²) in [6.07, 6.45) is 0. The molecule has 0 amide bonds. The van der Waals surface area contributed by atoms with E-state index in [2.05, 4.69) is 21.3 Å². The smallest absolute Gasteiger partial charge is 0.187 e. The van der Waals surface area contributed by atoms with E-state index < -0.39 is 0 Å². The maximum atomic E-state index is 9.68. The van der Waals surface area contributed by atoms with Crippen molar-refractivity contribution >= 4 is 34.0 Å². The van der Waals surface area contributed by atoms with Crippen molar-refractivity contribution in [3.05, 3.63) is 76.9 Å². The summed E-state index contributed by atoms with van der Waals surface area (Å²) in [5.41, 5.74) is 9.34. The number of nitrogens with two attached hydrogens (primary N) is 1. The Morgan fingerprint density at radius 2 is 1.77 bits per heavy atom. The van der Waals surface area contributed by atoms with Crippen molar-refractivity contribution in [2.45, 2.75) is 0 Å². The van der Waals surface area contributed by atoms with Crippen LogP contribution in [0.15, 0.2) is 60.7 Å². The van der Waals surface area contributed by atoms with Crippen molar-refractivity contribution in [1.82, 2.24) is 24.4 Å². The summed E-state index contributed by atoms with van der Waals surface area (Å²) in [7, 11) is 0. The summed E-state index contributed by atoms with van der Waals surface area (Å²) >= 11 is 5.97. The molecule has 0 spiro atoms. The fourth-order valence-corrected chi connectivity index (χ4v) is 3.46. The third kappa shape index (κ3) is 2.69. The molecule has 0 aliphatic rings. The number of halogens is 1. The summed E-state index contributed by atoms with van der Waals surface area (Å²) in [6.45, 7) is 0. The van der Waals surface area contributed by atoms with Crippen molar-refractivity contribution in [1.29, 1.82) is 10.7 Å². The molecule has 0 atom stereocenters. The van der Waals surface area contributed by atoms with Crippen LogP contribution in [0.4, 0.5) is 5.82 Å². The second-order valence-corrected chi connectivity index (χ2v) is 7.02. The van der Waals surface area contributed by atoms with Gasteiger partial charge in [-0.3, -0.25) is 5.41 Å². The van der Waals surface area contributed by atoms with Crippen LogP contribution in [0, 0.1) is 16.7 Å². The summed E-state index contributed by atoms with van der Waals surface area (Å²) in [4.78, 5) is 4.55. The van der Waals surface area contributed by atoms with Gasteiger partial charge in [0.1, 0.15) is 17.4 Å². The van der Waals surface area contributed by atoms with Gasteiger partial charge in [-0.05, 0) is 24.3 Å². The number of fused-ring (bicyclic) bond motifs is 2. The number of hydrogen-bond donors (Lipinski definition) is 2. The van der Waals surface area contributed by atoms with Gasteiger partial charge in [0.2, 0.25) is 0 Å². The summed E-state index contributed by atoms with van der Waals surface area (Å²) < 4.78 is 2.82. The zero-order valence-electron chi connectivity index (χ0n) is 15.4. The molecule has 0 fully saturated rings. The lowest BCUT2D eigenvalue weighted by Crippen LogP contribution is -2.21. The van der Waals surface area contributed by atoms with E-state index >= 15 is 0 Å². The third-order valence-electron chi connectivity index (χ3n) is 4.76. The van der Waals surface area contributed by atoms with Gasteiger partial charge in [0, 0.05) is 16.7 Å². The van der Waals surface area contributed by atoms with Crippen LogP contribution in [0.25, 0.3) is 33.5 Å². The molecule has 3 aromatic heterocycles. The van der Waals surface area contributed by atoms with Crippen LogP contribution < -0.4 is 11.2 Å². The molecule has 9 heteroatoms. The lowest BCUT2D eigenvalue weighted by molar-refractivity contribution is 0.836. The van der Waals surface area contributed by atoms with Crippen LogP contribution in [0.2, 0.25) is 5.02 Å². The van der Waals surface area contributed by atoms with Gasteiger partial charge in [-0.2, -0.15) is 20.0 Å². The van der Waals surface area contributed by atoms with Crippen molar-refractivity contribution < 1.29 is 0 Å². The molecule has 0 radical (unpaired) electrons. The Hall–Kier alpha value is -4.22. The summed E-state index contributed by atoms with van der Waals surface area (Å²) in [6, 6.07) is 20.3. The van der Waals surface area contributed by atoms with E-state index in [1.165, 1.54) is 9.20 Å². The van der Waals surface area contributed by atoms with Crippen molar-refractivity contribution in [2.75, 3.05) is 5.73 Å². The van der Waals surface area contributed by atoms with Crippen molar-refractivity contribution in [2.24, 2.45) is 0 Å². The summed E-state index contributed by atoms with van der Waals surface area (Å²) in [5.74, 6) is 0.183. The molecule has 0 saturated carbocycles. The van der Waals surface area contributed by atoms with Gasteiger partial charge in [0.15, 0.2) is 16.8 Å². The molecule has 5 rings (SSSR count). The van der Waals surface area contributed by atoms with Gasteiger partial charge in [-0.1, -0.05) is 41.9 Å². The van der Waals surface area contributed by atoms with Crippen LogP contribution in [-0.4, -0.2) is 24.4 Å². The van der Waals surface area contributed by atoms with Crippen molar-refractivity contribution in [3.8, 4) is 23.0 Å². The quantitative estimate of drug-likeness (QED) is 0.460. The maximum Gasteiger partial charge on any atom is 0.187 e. The highest BCUT2D eigenvalue weighted by molar-refractivity contribution is 6.30. The first-order valence-electron chi connectivity index (χ1n) is 8.95. The van der Waals surface area contributed by atoms with Crippen molar-refractivity contribution in [3.63, 3.8) is 0 Å². The van der Waals surface area contributed by atoms with Crippen LogP contribution in [0.1, 0.15) is 5.69 Å². The maximum absolute atomic E-state index is 9.68. The number of nitriles is 1. The predicted molar refractivity (Wildman–Crippen MR) is 113 cm³/mol. The standard InChI is InChI=1S/C21H13ClN8/c22-13-6-8-14(9-7-13)29-20(24)18-19(16(11-23)28-29)26-17-10-15(27-30(17)21(18)25)12-4-2-1-3-5-12/h1-10,25H,24H2. The SMILES string of the molecule is N#Cc1nn(-c2ccc(Cl)cc2)c(N)c2c(=N)n3nc(-c4ccccc4)cc3nc12. The van der Waals surface area contributed by atoms with Gasteiger partial charge < -0.3 is 5.73 Å². The Morgan fingerprint density at radius 3 is 2.47 bits per heavy atom. The topological polar surface area (TPSA) is 122 Å². The second-order valence-electron chi connectivity index (χ2n) is 6.58. The molecule has 144 valence electrons. The van der Waals surface area contributed by atoms with E-state index in [-0.39, 0.29) is 22.5 Å². The highest BCUT2D eigenvalue weighted by Crippen LogP contribution is 2.24. The van der Waals surface area contributed by atoms with Crippen LogP contribution >= 0.6 is 11.6 Å². The minimum atomic E-state index is 0.0243. The largest absolute Gasteiger partial charge is 0.383 e. The molecular formula is C21H13ClN8. The Labute approximate surface area is 174 Å². The predicted octanol–water partition coefficient (Wildman–Crippen LogP) is 3.32. The number of anilines is 1. The van der Waals surface area contributed by atoms with Gasteiger partial charge in [-0.15, -0.1) is 0 Å². The first-order chi connectivity index (χ1) is 14.6. The molecule has 0 unspecified atom stereocenters. The molecule has 5 aromatic rings. The monoisotopic (exact) mass is 412 g/mol. The molecule has 0 bridgehead atoms. The number of nitrogens with zero attached hydrogens (tertiary/aromatic N) is 6.